The van der Waals surface area contributed by atoms with Crippen molar-refractivity contribution in [2.75, 3.05) is 16.8 Å². The molecule has 0 aromatic heterocycles. The van der Waals surface area contributed by atoms with Crippen LogP contribution in [0.15, 0.2) is 48.5 Å². The predicted octanol–water partition coefficient (Wildman–Crippen LogP) is 4.72. The van der Waals surface area contributed by atoms with Gasteiger partial charge in [-0.1, -0.05) is 18.2 Å². The van der Waals surface area contributed by atoms with Crippen LogP contribution >= 0.6 is 0 Å². The van der Waals surface area contributed by atoms with E-state index in [1.165, 1.54) is 4.90 Å². The average molecular weight is 416 g/mol. The summed E-state index contributed by atoms with van der Waals surface area (Å²) in [6.07, 6.45) is -10.2. The van der Waals surface area contributed by atoms with Crippen molar-refractivity contribution in [3.8, 4) is 0 Å². The first kappa shape index (κ1) is 20.7. The Morgan fingerprint density at radius 3 is 2.00 bits per heavy atom. The highest BCUT2D eigenvalue weighted by atomic mass is 19.4. The molecule has 0 spiro atoms. The van der Waals surface area contributed by atoms with Gasteiger partial charge in [0.2, 0.25) is 11.8 Å². The lowest BCUT2D eigenvalue weighted by Crippen LogP contribution is -2.28. The summed E-state index contributed by atoms with van der Waals surface area (Å²) in [5, 5.41) is 2.08. The standard InChI is InChI=1S/C19H14F6N2O2/c20-18(21,22)12-7-13(19(23,24)25)9-14(8-12)26-17(29)11-6-16(28)27(10-11)15-4-2-1-3-5-15/h1-5,7-9,11H,6,10H2,(H,26,29)/t11-/m1/s1. The number of nitrogens with one attached hydrogen (secondary N) is 1. The SMILES string of the molecule is O=C(Nc1cc(C(F)(F)F)cc(C(F)(F)F)c1)[C@@H]1CC(=O)N(c2ccccc2)C1. The van der Waals surface area contributed by atoms with Crippen LogP contribution in [-0.4, -0.2) is 18.4 Å². The van der Waals surface area contributed by atoms with Gasteiger partial charge in [-0.05, 0) is 30.3 Å². The Kier molecular flexibility index (Phi) is 5.29. The van der Waals surface area contributed by atoms with Crippen molar-refractivity contribution in [1.82, 2.24) is 0 Å². The maximum Gasteiger partial charge on any atom is 0.416 e. The maximum absolute atomic E-state index is 12.9. The molecular formula is C19H14F6N2O2. The van der Waals surface area contributed by atoms with E-state index in [9.17, 15) is 35.9 Å². The van der Waals surface area contributed by atoms with Crippen molar-refractivity contribution in [3.05, 3.63) is 59.7 Å². The Labute approximate surface area is 161 Å². The third-order valence-corrected chi connectivity index (χ3v) is 4.42. The summed E-state index contributed by atoms with van der Waals surface area (Å²) >= 11 is 0. The Bertz CT molecular complexity index is 892. The van der Waals surface area contributed by atoms with Gasteiger partial charge >= 0.3 is 12.4 Å². The number of alkyl halides is 6. The van der Waals surface area contributed by atoms with Gasteiger partial charge in [0, 0.05) is 24.3 Å². The number of anilines is 2. The molecule has 2 aromatic rings. The second kappa shape index (κ2) is 7.41. The van der Waals surface area contributed by atoms with Crippen molar-refractivity contribution >= 4 is 23.2 Å². The molecule has 1 atom stereocenters. The lowest BCUT2D eigenvalue weighted by Gasteiger charge is -2.17. The number of benzene rings is 2. The van der Waals surface area contributed by atoms with E-state index in [1.54, 1.807) is 30.3 Å². The summed E-state index contributed by atoms with van der Waals surface area (Å²) in [7, 11) is 0. The summed E-state index contributed by atoms with van der Waals surface area (Å²) in [5.41, 5.74) is -3.15. The molecule has 4 nitrogen and oxygen atoms in total. The molecule has 3 rings (SSSR count). The largest absolute Gasteiger partial charge is 0.416 e. The fraction of sp³-hybridized carbons (Fsp3) is 0.263. The van der Waals surface area contributed by atoms with Crippen LogP contribution in [-0.2, 0) is 21.9 Å². The zero-order valence-electron chi connectivity index (χ0n) is 14.6. The second-order valence-electron chi connectivity index (χ2n) is 6.52. The predicted molar refractivity (Wildman–Crippen MR) is 92.0 cm³/mol. The second-order valence-corrected chi connectivity index (χ2v) is 6.52. The monoisotopic (exact) mass is 416 g/mol. The smallest absolute Gasteiger partial charge is 0.326 e. The Morgan fingerprint density at radius 1 is 0.931 bits per heavy atom. The summed E-state index contributed by atoms with van der Waals surface area (Å²) in [6.45, 7) is -0.0280. The first-order chi connectivity index (χ1) is 13.4. The number of nitrogens with zero attached hydrogens (tertiary/aromatic N) is 1. The molecule has 154 valence electrons. The molecule has 1 fully saturated rings. The van der Waals surface area contributed by atoms with Crippen molar-refractivity contribution < 1.29 is 35.9 Å². The first-order valence-electron chi connectivity index (χ1n) is 8.41. The van der Waals surface area contributed by atoms with Crippen molar-refractivity contribution in [2.24, 2.45) is 5.92 Å². The highest BCUT2D eigenvalue weighted by Crippen LogP contribution is 2.37. The summed E-state index contributed by atoms with van der Waals surface area (Å²) < 4.78 is 77.6. The molecule has 0 unspecified atom stereocenters. The fourth-order valence-electron chi connectivity index (χ4n) is 3.01. The van der Waals surface area contributed by atoms with Crippen molar-refractivity contribution in [2.45, 2.75) is 18.8 Å². The summed E-state index contributed by atoms with van der Waals surface area (Å²) in [6, 6.07) is 9.26. The maximum atomic E-state index is 12.9. The van der Waals surface area contributed by atoms with Crippen LogP contribution < -0.4 is 10.2 Å². The van der Waals surface area contributed by atoms with Crippen LogP contribution in [0.3, 0.4) is 0 Å². The molecule has 1 aliphatic rings. The number of para-hydroxylation sites is 1. The van der Waals surface area contributed by atoms with E-state index >= 15 is 0 Å². The van der Waals surface area contributed by atoms with Gasteiger partial charge in [-0.25, -0.2) is 0 Å². The third kappa shape index (κ3) is 4.69. The molecular weight excluding hydrogens is 402 g/mol. The molecule has 1 aliphatic heterocycles. The summed E-state index contributed by atoms with van der Waals surface area (Å²) in [4.78, 5) is 25.9. The number of carbonyl (C=O) groups is 2. The van der Waals surface area contributed by atoms with Crippen LogP contribution in [0.25, 0.3) is 0 Å². The number of hydrogen-bond acceptors (Lipinski definition) is 2. The van der Waals surface area contributed by atoms with Crippen LogP contribution in [0, 0.1) is 5.92 Å². The number of hydrogen-bond donors (Lipinski definition) is 1. The zero-order valence-corrected chi connectivity index (χ0v) is 14.6. The summed E-state index contributed by atoms with van der Waals surface area (Å²) in [5.74, 6) is -2.10. The van der Waals surface area contributed by atoms with E-state index in [2.05, 4.69) is 5.32 Å². The zero-order chi connectivity index (χ0) is 21.4. The highest BCUT2D eigenvalue weighted by Gasteiger charge is 2.38. The fourth-order valence-corrected chi connectivity index (χ4v) is 3.01. The molecule has 10 heteroatoms. The van der Waals surface area contributed by atoms with E-state index in [-0.39, 0.29) is 24.9 Å². The quantitative estimate of drug-likeness (QED) is 0.737. The molecule has 0 saturated carbocycles. The first-order valence-corrected chi connectivity index (χ1v) is 8.41. The molecule has 1 N–H and O–H groups in total. The molecule has 1 saturated heterocycles. The molecule has 1 heterocycles. The molecule has 0 radical (unpaired) electrons. The minimum atomic E-state index is -5.02. The number of carbonyl (C=O) groups excluding carboxylic acids is 2. The average Bonchev–Trinajstić information content (AvgIpc) is 3.02. The normalized spacial score (nSPS) is 17.5. The van der Waals surface area contributed by atoms with E-state index in [0.29, 0.717) is 17.8 Å². The van der Waals surface area contributed by atoms with Crippen LogP contribution in [0.2, 0.25) is 0 Å². The lowest BCUT2D eigenvalue weighted by molar-refractivity contribution is -0.143. The van der Waals surface area contributed by atoms with Gasteiger partial charge in [0.15, 0.2) is 0 Å². The Morgan fingerprint density at radius 2 is 1.48 bits per heavy atom. The molecule has 0 bridgehead atoms. The highest BCUT2D eigenvalue weighted by molar-refractivity contribution is 6.03. The Balaban J connectivity index is 1.81. The minimum absolute atomic E-state index is 0.0219. The van der Waals surface area contributed by atoms with E-state index in [4.69, 9.17) is 0 Å². The van der Waals surface area contributed by atoms with Crippen LogP contribution in [0.1, 0.15) is 17.5 Å². The van der Waals surface area contributed by atoms with Gasteiger partial charge in [0.05, 0.1) is 17.0 Å². The molecule has 29 heavy (non-hydrogen) atoms. The van der Waals surface area contributed by atoms with Crippen molar-refractivity contribution in [1.29, 1.82) is 0 Å². The number of rotatable bonds is 3. The van der Waals surface area contributed by atoms with Gasteiger partial charge in [0.25, 0.3) is 0 Å². The van der Waals surface area contributed by atoms with Gasteiger partial charge in [-0.15, -0.1) is 0 Å². The lowest BCUT2D eigenvalue weighted by atomic mass is 10.1. The van der Waals surface area contributed by atoms with Gasteiger partial charge < -0.3 is 10.2 Å². The van der Waals surface area contributed by atoms with E-state index < -0.39 is 41.0 Å². The van der Waals surface area contributed by atoms with Gasteiger partial charge in [0.1, 0.15) is 0 Å². The number of halogens is 6. The minimum Gasteiger partial charge on any atom is -0.326 e. The van der Waals surface area contributed by atoms with Gasteiger partial charge in [-0.2, -0.15) is 26.3 Å². The molecule has 2 amide bonds. The van der Waals surface area contributed by atoms with Crippen molar-refractivity contribution in [3.63, 3.8) is 0 Å². The molecule has 0 aliphatic carbocycles. The Hall–Kier alpha value is -3.04. The topological polar surface area (TPSA) is 49.4 Å². The molecule has 2 aromatic carbocycles. The van der Waals surface area contributed by atoms with Crippen LogP contribution in [0.5, 0.6) is 0 Å². The van der Waals surface area contributed by atoms with E-state index in [0.717, 1.165) is 0 Å². The number of amides is 2. The third-order valence-electron chi connectivity index (χ3n) is 4.42. The van der Waals surface area contributed by atoms with E-state index in [1.807, 2.05) is 0 Å². The van der Waals surface area contributed by atoms with Crippen LogP contribution in [0.4, 0.5) is 37.7 Å². The van der Waals surface area contributed by atoms with Gasteiger partial charge in [-0.3, -0.25) is 9.59 Å².